The van der Waals surface area contributed by atoms with Crippen molar-refractivity contribution in [2.24, 2.45) is 5.41 Å². The van der Waals surface area contributed by atoms with Gasteiger partial charge in [-0.3, -0.25) is 9.59 Å². The molecule has 2 aromatic rings. The number of hydrogen-bond acceptors (Lipinski definition) is 3. The molecule has 2 rings (SSSR count). The second kappa shape index (κ2) is 8.19. The topological polar surface area (TPSA) is 46.6 Å². The molecule has 0 N–H and O–H groups in total. The summed E-state index contributed by atoms with van der Waals surface area (Å²) in [5, 5.41) is 0.592. The number of ether oxygens (including phenoxy) is 1. The first-order valence-corrected chi connectivity index (χ1v) is 8.59. The Kier molecular flexibility index (Phi) is 6.22. The van der Waals surface area contributed by atoms with Gasteiger partial charge in [0.25, 0.3) is 5.91 Å². The van der Waals surface area contributed by atoms with Crippen LogP contribution in [0.3, 0.4) is 0 Å². The molecular formula is C21H22ClNO3. The van der Waals surface area contributed by atoms with Gasteiger partial charge in [-0.1, -0.05) is 41.9 Å². The van der Waals surface area contributed by atoms with Gasteiger partial charge in [-0.2, -0.15) is 0 Å². The van der Waals surface area contributed by atoms with Gasteiger partial charge in [0, 0.05) is 29.4 Å². The summed E-state index contributed by atoms with van der Waals surface area (Å²) >= 11 is 5.89. The maximum absolute atomic E-state index is 12.7. The molecule has 0 atom stereocenters. The van der Waals surface area contributed by atoms with Gasteiger partial charge < -0.3 is 9.64 Å². The van der Waals surface area contributed by atoms with E-state index in [0.717, 1.165) is 0 Å². The minimum Gasteiger partial charge on any atom is -0.425 e. The summed E-state index contributed by atoms with van der Waals surface area (Å²) in [5.41, 5.74) is 0.659. The molecule has 26 heavy (non-hydrogen) atoms. The maximum Gasteiger partial charge on any atom is 0.316 e. The van der Waals surface area contributed by atoms with Crippen molar-refractivity contribution in [3.63, 3.8) is 0 Å². The van der Waals surface area contributed by atoms with Gasteiger partial charge in [-0.15, -0.1) is 0 Å². The third-order valence-electron chi connectivity index (χ3n) is 3.67. The molecule has 0 radical (unpaired) electrons. The van der Waals surface area contributed by atoms with E-state index in [2.05, 4.69) is 0 Å². The van der Waals surface area contributed by atoms with Gasteiger partial charge in [0.1, 0.15) is 5.76 Å². The lowest BCUT2D eigenvalue weighted by Gasteiger charge is -2.20. The van der Waals surface area contributed by atoms with E-state index in [0.29, 0.717) is 16.3 Å². The molecule has 5 heteroatoms. The Labute approximate surface area is 159 Å². The molecule has 4 nitrogen and oxygen atoms in total. The summed E-state index contributed by atoms with van der Waals surface area (Å²) < 4.78 is 5.53. The minimum atomic E-state index is -0.682. The second-order valence-corrected chi connectivity index (χ2v) is 7.32. The van der Waals surface area contributed by atoms with E-state index < -0.39 is 11.4 Å². The van der Waals surface area contributed by atoms with Crippen LogP contribution in [0.5, 0.6) is 0 Å². The molecule has 0 heterocycles. The Morgan fingerprint density at radius 3 is 2.12 bits per heavy atom. The zero-order chi connectivity index (χ0) is 19.3. The number of halogens is 1. The zero-order valence-corrected chi connectivity index (χ0v) is 16.1. The number of nitrogens with zero attached hydrogens (tertiary/aromatic N) is 1. The lowest BCUT2D eigenvalue weighted by atomic mass is 9.97. The summed E-state index contributed by atoms with van der Waals surface area (Å²) in [6, 6.07) is 16.0. The second-order valence-electron chi connectivity index (χ2n) is 6.89. The molecule has 0 saturated carbocycles. The minimum absolute atomic E-state index is 0.219. The van der Waals surface area contributed by atoms with Gasteiger partial charge >= 0.3 is 5.97 Å². The van der Waals surface area contributed by atoms with Gasteiger partial charge in [0.05, 0.1) is 5.41 Å². The lowest BCUT2D eigenvalue weighted by molar-refractivity contribution is -0.145. The van der Waals surface area contributed by atoms with E-state index >= 15 is 0 Å². The molecule has 0 aliphatic rings. The average Bonchev–Trinajstić information content (AvgIpc) is 2.61. The number of rotatable bonds is 4. The normalized spacial score (nSPS) is 11.8. The van der Waals surface area contributed by atoms with Crippen LogP contribution >= 0.6 is 11.6 Å². The summed E-state index contributed by atoms with van der Waals surface area (Å²) in [6.45, 7) is 5.29. The van der Waals surface area contributed by atoms with Crippen LogP contribution in [0, 0.1) is 5.41 Å². The number of carbonyl (C=O) groups excluding carboxylic acids is 2. The first-order chi connectivity index (χ1) is 12.2. The number of hydrogen-bond donors (Lipinski definition) is 0. The van der Waals surface area contributed by atoms with Crippen LogP contribution in [-0.2, 0) is 14.3 Å². The monoisotopic (exact) mass is 371 g/mol. The van der Waals surface area contributed by atoms with E-state index in [1.165, 1.54) is 11.0 Å². The Morgan fingerprint density at radius 2 is 1.58 bits per heavy atom. The van der Waals surface area contributed by atoms with Crippen molar-refractivity contribution < 1.29 is 14.3 Å². The SMILES string of the molecule is CN(C(=O)/C=C(/OC(=O)C(C)(C)C)c1ccccc1)c1ccc(Cl)cc1. The Hall–Kier alpha value is -2.59. The fraction of sp³-hybridized carbons (Fsp3) is 0.238. The molecule has 0 aromatic heterocycles. The molecule has 0 spiro atoms. The summed E-state index contributed by atoms with van der Waals surface area (Å²) in [7, 11) is 1.65. The highest BCUT2D eigenvalue weighted by molar-refractivity contribution is 6.30. The molecule has 0 fully saturated rings. The van der Waals surface area contributed by atoms with Crippen LogP contribution in [0.25, 0.3) is 5.76 Å². The van der Waals surface area contributed by atoms with Crippen molar-refractivity contribution in [1.82, 2.24) is 0 Å². The number of benzene rings is 2. The van der Waals surface area contributed by atoms with E-state index in [1.54, 1.807) is 64.2 Å². The predicted octanol–water partition coefficient (Wildman–Crippen LogP) is 4.93. The van der Waals surface area contributed by atoms with Crippen molar-refractivity contribution >= 4 is 34.9 Å². The van der Waals surface area contributed by atoms with Crippen LogP contribution in [0.2, 0.25) is 5.02 Å². The number of carbonyl (C=O) groups is 2. The molecule has 0 aliphatic heterocycles. The van der Waals surface area contributed by atoms with Crippen molar-refractivity contribution in [3.05, 3.63) is 71.3 Å². The van der Waals surface area contributed by atoms with E-state index in [4.69, 9.17) is 16.3 Å². The van der Waals surface area contributed by atoms with Crippen LogP contribution < -0.4 is 4.90 Å². The van der Waals surface area contributed by atoms with Crippen LogP contribution in [0.15, 0.2) is 60.7 Å². The Morgan fingerprint density at radius 1 is 1.00 bits per heavy atom. The standard InChI is InChI=1S/C21H22ClNO3/c1-21(2,3)20(25)26-18(15-8-6-5-7-9-15)14-19(24)23(4)17-12-10-16(22)11-13-17/h5-14H,1-4H3/b18-14+. The quantitative estimate of drug-likeness (QED) is 0.434. The number of esters is 1. The predicted molar refractivity (Wildman–Crippen MR) is 105 cm³/mol. The summed E-state index contributed by atoms with van der Waals surface area (Å²) in [4.78, 5) is 26.4. The molecule has 1 amide bonds. The van der Waals surface area contributed by atoms with Gasteiger partial charge in [-0.25, -0.2) is 0 Å². The number of likely N-dealkylation sites (N-methyl/N-ethyl adjacent to an activating group) is 1. The van der Waals surface area contributed by atoms with Crippen molar-refractivity contribution in [1.29, 1.82) is 0 Å². The largest absolute Gasteiger partial charge is 0.425 e. The highest BCUT2D eigenvalue weighted by Gasteiger charge is 2.25. The van der Waals surface area contributed by atoms with E-state index in [1.807, 2.05) is 18.2 Å². The van der Waals surface area contributed by atoms with Crippen LogP contribution in [0.1, 0.15) is 26.3 Å². The highest BCUT2D eigenvalue weighted by atomic mass is 35.5. The van der Waals surface area contributed by atoms with Gasteiger partial charge in [0.2, 0.25) is 0 Å². The first-order valence-electron chi connectivity index (χ1n) is 8.21. The molecule has 0 unspecified atom stereocenters. The first kappa shape index (κ1) is 19.7. The summed E-state index contributed by atoms with van der Waals surface area (Å²) in [6.07, 6.45) is 1.33. The van der Waals surface area contributed by atoms with Crippen molar-refractivity contribution in [2.45, 2.75) is 20.8 Å². The number of amides is 1. The van der Waals surface area contributed by atoms with Gasteiger partial charge in [0.15, 0.2) is 0 Å². The van der Waals surface area contributed by atoms with Crippen LogP contribution in [0.4, 0.5) is 5.69 Å². The summed E-state index contributed by atoms with van der Waals surface area (Å²) in [5.74, 6) is -0.501. The third kappa shape index (κ3) is 5.20. The average molecular weight is 372 g/mol. The fourth-order valence-electron chi connectivity index (χ4n) is 2.03. The molecule has 2 aromatic carbocycles. The Balaban J connectivity index is 2.32. The molecule has 136 valence electrons. The molecule has 0 bridgehead atoms. The molecule has 0 saturated heterocycles. The van der Waals surface area contributed by atoms with Crippen molar-refractivity contribution in [3.8, 4) is 0 Å². The van der Waals surface area contributed by atoms with E-state index in [9.17, 15) is 9.59 Å². The maximum atomic E-state index is 12.7. The van der Waals surface area contributed by atoms with Crippen LogP contribution in [-0.4, -0.2) is 18.9 Å². The zero-order valence-electron chi connectivity index (χ0n) is 15.3. The Bertz CT molecular complexity index is 805. The van der Waals surface area contributed by atoms with Gasteiger partial charge in [-0.05, 0) is 45.0 Å². The fourth-order valence-corrected chi connectivity index (χ4v) is 2.15. The van der Waals surface area contributed by atoms with E-state index in [-0.39, 0.29) is 11.7 Å². The highest BCUT2D eigenvalue weighted by Crippen LogP contribution is 2.24. The number of anilines is 1. The lowest BCUT2D eigenvalue weighted by Crippen LogP contribution is -2.26. The molecule has 0 aliphatic carbocycles. The molecular weight excluding hydrogens is 350 g/mol. The smallest absolute Gasteiger partial charge is 0.316 e. The third-order valence-corrected chi connectivity index (χ3v) is 3.92. The van der Waals surface area contributed by atoms with Crippen molar-refractivity contribution in [2.75, 3.05) is 11.9 Å².